The summed E-state index contributed by atoms with van der Waals surface area (Å²) in [5.74, 6) is -0.616. The van der Waals surface area contributed by atoms with Crippen molar-refractivity contribution in [2.24, 2.45) is 16.6 Å². The molecule has 6 heteroatoms. The van der Waals surface area contributed by atoms with Crippen molar-refractivity contribution in [3.05, 3.63) is 35.9 Å². The van der Waals surface area contributed by atoms with Crippen LogP contribution in [0, 0.1) is 10.8 Å². The molecule has 2 bridgehead atoms. The summed E-state index contributed by atoms with van der Waals surface area (Å²) < 4.78 is 43.4. The van der Waals surface area contributed by atoms with Crippen molar-refractivity contribution in [2.75, 3.05) is 0 Å². The van der Waals surface area contributed by atoms with Crippen molar-refractivity contribution in [2.45, 2.75) is 38.1 Å². The second kappa shape index (κ2) is 4.47. The summed E-state index contributed by atoms with van der Waals surface area (Å²) >= 11 is 0. The topological polar surface area (TPSA) is 52.3 Å². The number of alkyl halides is 3. The minimum absolute atomic E-state index is 0.0505. The Morgan fingerprint density at radius 1 is 1.24 bits per heavy atom. The SMILES string of the molecule is N[C@@H](C(=O)OCc1ccccc1)C12CC(C(F)(F)F)(C1)C2. The van der Waals surface area contributed by atoms with Crippen LogP contribution in [-0.4, -0.2) is 18.2 Å². The van der Waals surface area contributed by atoms with Crippen molar-refractivity contribution in [3.8, 4) is 0 Å². The lowest BCUT2D eigenvalue weighted by Crippen LogP contribution is -2.74. The van der Waals surface area contributed by atoms with E-state index in [1.54, 1.807) is 12.1 Å². The Bertz CT molecular complexity index is 536. The molecule has 0 aromatic heterocycles. The molecule has 3 saturated carbocycles. The highest BCUT2D eigenvalue weighted by atomic mass is 19.4. The van der Waals surface area contributed by atoms with Gasteiger partial charge in [0.05, 0.1) is 5.41 Å². The predicted molar refractivity (Wildman–Crippen MR) is 69.0 cm³/mol. The van der Waals surface area contributed by atoms with E-state index in [1.807, 2.05) is 18.2 Å². The number of carbonyl (C=O) groups excluding carboxylic acids is 1. The van der Waals surface area contributed by atoms with E-state index in [4.69, 9.17) is 10.5 Å². The number of hydrogen-bond donors (Lipinski definition) is 1. The Morgan fingerprint density at radius 2 is 1.81 bits per heavy atom. The zero-order valence-electron chi connectivity index (χ0n) is 11.3. The fourth-order valence-electron chi connectivity index (χ4n) is 3.57. The molecule has 21 heavy (non-hydrogen) atoms. The van der Waals surface area contributed by atoms with E-state index in [0.29, 0.717) is 0 Å². The third kappa shape index (κ3) is 2.12. The van der Waals surface area contributed by atoms with Crippen LogP contribution < -0.4 is 5.73 Å². The van der Waals surface area contributed by atoms with Gasteiger partial charge in [0.1, 0.15) is 12.6 Å². The van der Waals surface area contributed by atoms with Gasteiger partial charge in [0.25, 0.3) is 0 Å². The van der Waals surface area contributed by atoms with Gasteiger partial charge in [0.15, 0.2) is 0 Å². The standard InChI is InChI=1S/C15H16F3NO2/c16-15(17,18)14-7-13(8-14,9-14)11(19)12(20)21-6-10-4-2-1-3-5-10/h1-5,11H,6-9,19H2/t11-,13?,14?/m0/s1. The lowest BCUT2D eigenvalue weighted by Gasteiger charge is -2.71. The minimum Gasteiger partial charge on any atom is -0.460 e. The summed E-state index contributed by atoms with van der Waals surface area (Å²) in [6, 6.07) is 8.12. The molecule has 0 aliphatic heterocycles. The number of halogens is 3. The number of rotatable bonds is 4. The Morgan fingerprint density at radius 3 is 2.33 bits per heavy atom. The van der Waals surface area contributed by atoms with Crippen molar-refractivity contribution in [1.82, 2.24) is 0 Å². The van der Waals surface area contributed by atoms with E-state index < -0.39 is 29.0 Å². The first-order valence-electron chi connectivity index (χ1n) is 6.81. The highest BCUT2D eigenvalue weighted by Crippen LogP contribution is 2.79. The molecular formula is C15H16F3NO2. The molecule has 1 aromatic carbocycles. The largest absolute Gasteiger partial charge is 0.460 e. The van der Waals surface area contributed by atoms with Crippen LogP contribution in [0.25, 0.3) is 0 Å². The molecule has 0 saturated heterocycles. The van der Waals surface area contributed by atoms with Gasteiger partial charge >= 0.3 is 12.1 Å². The Balaban J connectivity index is 1.54. The maximum atomic E-state index is 12.8. The summed E-state index contributed by atoms with van der Waals surface area (Å²) in [5.41, 5.74) is 4.34. The van der Waals surface area contributed by atoms with Crippen LogP contribution in [0.2, 0.25) is 0 Å². The molecule has 0 heterocycles. The zero-order chi connectivity index (χ0) is 15.3. The maximum Gasteiger partial charge on any atom is 0.394 e. The van der Waals surface area contributed by atoms with Crippen LogP contribution in [0.5, 0.6) is 0 Å². The number of ether oxygens (including phenoxy) is 1. The fourth-order valence-corrected chi connectivity index (χ4v) is 3.57. The summed E-state index contributed by atoms with van der Waals surface area (Å²) in [4.78, 5) is 11.9. The molecule has 2 N–H and O–H groups in total. The van der Waals surface area contributed by atoms with E-state index in [-0.39, 0.29) is 25.9 Å². The summed E-state index contributed by atoms with van der Waals surface area (Å²) in [5, 5.41) is 0. The van der Waals surface area contributed by atoms with Crippen LogP contribution in [0.15, 0.2) is 30.3 Å². The van der Waals surface area contributed by atoms with Gasteiger partial charge in [-0.1, -0.05) is 30.3 Å². The molecule has 4 rings (SSSR count). The van der Waals surface area contributed by atoms with E-state index in [1.165, 1.54) is 0 Å². The molecule has 114 valence electrons. The van der Waals surface area contributed by atoms with E-state index >= 15 is 0 Å². The quantitative estimate of drug-likeness (QED) is 0.870. The van der Waals surface area contributed by atoms with Crippen LogP contribution >= 0.6 is 0 Å². The second-order valence-corrected chi connectivity index (χ2v) is 6.24. The van der Waals surface area contributed by atoms with Crippen LogP contribution in [0.4, 0.5) is 13.2 Å². The van der Waals surface area contributed by atoms with Crippen molar-refractivity contribution in [1.29, 1.82) is 0 Å². The smallest absolute Gasteiger partial charge is 0.394 e. The molecule has 0 unspecified atom stereocenters. The van der Waals surface area contributed by atoms with Crippen LogP contribution in [-0.2, 0) is 16.1 Å². The van der Waals surface area contributed by atoms with Gasteiger partial charge in [0, 0.05) is 0 Å². The Kier molecular flexibility index (Phi) is 3.06. The molecule has 0 spiro atoms. The monoisotopic (exact) mass is 299 g/mol. The first-order chi connectivity index (χ1) is 9.78. The number of benzene rings is 1. The Labute approximate surface area is 120 Å². The second-order valence-electron chi connectivity index (χ2n) is 6.24. The fraction of sp³-hybridized carbons (Fsp3) is 0.533. The number of esters is 1. The van der Waals surface area contributed by atoms with Gasteiger partial charge in [-0.05, 0) is 30.2 Å². The molecule has 0 radical (unpaired) electrons. The number of carbonyl (C=O) groups is 1. The van der Waals surface area contributed by atoms with Gasteiger partial charge < -0.3 is 10.5 Å². The van der Waals surface area contributed by atoms with Crippen molar-refractivity contribution >= 4 is 5.97 Å². The summed E-state index contributed by atoms with van der Waals surface area (Å²) in [6.07, 6.45) is -4.34. The highest BCUT2D eigenvalue weighted by Gasteiger charge is 2.80. The first-order valence-corrected chi connectivity index (χ1v) is 6.81. The van der Waals surface area contributed by atoms with Gasteiger partial charge in [-0.25, -0.2) is 0 Å². The lowest BCUT2D eigenvalue weighted by molar-refractivity contribution is -0.366. The van der Waals surface area contributed by atoms with Gasteiger partial charge in [0.2, 0.25) is 0 Å². The molecular weight excluding hydrogens is 283 g/mol. The molecule has 1 atom stereocenters. The van der Waals surface area contributed by atoms with Crippen LogP contribution in [0.3, 0.4) is 0 Å². The van der Waals surface area contributed by atoms with E-state index in [2.05, 4.69) is 0 Å². The predicted octanol–water partition coefficient (Wildman–Crippen LogP) is 2.79. The highest BCUT2D eigenvalue weighted by molar-refractivity contribution is 5.77. The Hall–Kier alpha value is -1.56. The molecule has 3 fully saturated rings. The normalized spacial score (nSPS) is 31.8. The lowest BCUT2D eigenvalue weighted by atomic mass is 9.33. The number of hydrogen-bond acceptors (Lipinski definition) is 3. The average molecular weight is 299 g/mol. The molecule has 1 aromatic rings. The third-order valence-electron chi connectivity index (χ3n) is 4.81. The first kappa shape index (κ1) is 14.4. The molecule has 3 aliphatic rings. The van der Waals surface area contributed by atoms with Crippen molar-refractivity contribution in [3.63, 3.8) is 0 Å². The van der Waals surface area contributed by atoms with E-state index in [9.17, 15) is 18.0 Å². The minimum atomic E-state index is -4.19. The van der Waals surface area contributed by atoms with Crippen molar-refractivity contribution < 1.29 is 22.7 Å². The average Bonchev–Trinajstić information content (AvgIpc) is 2.32. The molecule has 3 nitrogen and oxygen atoms in total. The maximum absolute atomic E-state index is 12.8. The van der Waals surface area contributed by atoms with Crippen LogP contribution in [0.1, 0.15) is 24.8 Å². The number of nitrogens with two attached hydrogens (primary N) is 1. The van der Waals surface area contributed by atoms with E-state index in [0.717, 1.165) is 5.56 Å². The van der Waals surface area contributed by atoms with Gasteiger partial charge in [-0.3, -0.25) is 4.79 Å². The third-order valence-corrected chi connectivity index (χ3v) is 4.81. The summed E-state index contributed by atoms with van der Waals surface area (Å²) in [7, 11) is 0. The molecule has 3 aliphatic carbocycles. The zero-order valence-corrected chi connectivity index (χ0v) is 11.3. The summed E-state index contributed by atoms with van der Waals surface area (Å²) in [6.45, 7) is 0.0911. The van der Waals surface area contributed by atoms with Gasteiger partial charge in [-0.15, -0.1) is 0 Å². The van der Waals surface area contributed by atoms with Gasteiger partial charge in [-0.2, -0.15) is 13.2 Å². The molecule has 0 amide bonds.